The third-order valence-electron chi connectivity index (χ3n) is 6.29. The molecule has 2 N–H and O–H groups in total. The Balaban J connectivity index is 1.33. The molecular formula is C25H28N6O4. The number of nitrogens with zero attached hydrogens (tertiary/aromatic N) is 4. The Morgan fingerprint density at radius 3 is 2.40 bits per heavy atom. The van der Waals surface area contributed by atoms with Crippen LogP contribution in [0.25, 0.3) is 11.0 Å². The molecule has 1 aromatic heterocycles. The Kier molecular flexibility index (Phi) is 6.47. The van der Waals surface area contributed by atoms with Crippen molar-refractivity contribution in [3.8, 4) is 0 Å². The van der Waals surface area contributed by atoms with Crippen molar-refractivity contribution < 1.29 is 19.1 Å². The number of amides is 3. The van der Waals surface area contributed by atoms with Gasteiger partial charge in [-0.15, -0.1) is 0 Å². The standard InChI is InChI=1S/C25H28N6O4/c1-17(32)26-18-6-8-19(9-7-18)27-23(33)16-22-24(34)30(11-10-29-12-14-35-15-13-29)25-28-20-4-2-3-5-21(20)31(22)25/h2-9,22H,10-16H2,1H3,(H,26,32)(H,27,33)/t22-/m0/s1. The molecule has 10 heteroatoms. The predicted octanol–water partition coefficient (Wildman–Crippen LogP) is 2.24. The molecule has 1 fully saturated rings. The van der Waals surface area contributed by atoms with Crippen molar-refractivity contribution in [2.24, 2.45) is 0 Å². The summed E-state index contributed by atoms with van der Waals surface area (Å²) in [7, 11) is 0. The van der Waals surface area contributed by atoms with Crippen LogP contribution >= 0.6 is 0 Å². The lowest BCUT2D eigenvalue weighted by Crippen LogP contribution is -2.42. The van der Waals surface area contributed by atoms with Crippen molar-refractivity contribution in [1.82, 2.24) is 14.5 Å². The molecule has 0 saturated carbocycles. The number of imidazole rings is 1. The molecule has 0 radical (unpaired) electrons. The molecule has 3 aromatic rings. The molecule has 0 unspecified atom stereocenters. The summed E-state index contributed by atoms with van der Waals surface area (Å²) in [5.41, 5.74) is 2.87. The first-order chi connectivity index (χ1) is 17.0. The Morgan fingerprint density at radius 2 is 1.69 bits per heavy atom. The topological polar surface area (TPSA) is 109 Å². The molecule has 10 nitrogen and oxygen atoms in total. The second-order valence-corrected chi connectivity index (χ2v) is 8.74. The zero-order valence-corrected chi connectivity index (χ0v) is 19.6. The van der Waals surface area contributed by atoms with Crippen LogP contribution in [-0.2, 0) is 19.1 Å². The number of morpholine rings is 1. The van der Waals surface area contributed by atoms with Gasteiger partial charge in [-0.1, -0.05) is 12.1 Å². The maximum absolute atomic E-state index is 13.5. The number of aromatic nitrogens is 2. The zero-order chi connectivity index (χ0) is 24.4. The van der Waals surface area contributed by atoms with E-state index in [4.69, 9.17) is 9.72 Å². The van der Waals surface area contributed by atoms with Gasteiger partial charge in [-0.25, -0.2) is 4.98 Å². The van der Waals surface area contributed by atoms with E-state index in [9.17, 15) is 14.4 Å². The van der Waals surface area contributed by atoms with E-state index in [1.54, 1.807) is 29.2 Å². The number of hydrogen-bond donors (Lipinski definition) is 2. The summed E-state index contributed by atoms with van der Waals surface area (Å²) >= 11 is 0. The largest absolute Gasteiger partial charge is 0.379 e. The first-order valence-corrected chi connectivity index (χ1v) is 11.8. The molecule has 3 heterocycles. The Morgan fingerprint density at radius 1 is 1.00 bits per heavy atom. The molecule has 182 valence electrons. The van der Waals surface area contributed by atoms with Gasteiger partial charge >= 0.3 is 0 Å². The molecule has 0 aliphatic carbocycles. The van der Waals surface area contributed by atoms with Crippen LogP contribution in [-0.4, -0.2) is 71.6 Å². The van der Waals surface area contributed by atoms with Crippen LogP contribution in [0.2, 0.25) is 0 Å². The molecule has 2 aliphatic rings. The van der Waals surface area contributed by atoms with Gasteiger partial charge in [-0.3, -0.25) is 28.8 Å². The molecule has 1 saturated heterocycles. The highest BCUT2D eigenvalue weighted by Gasteiger charge is 2.40. The maximum Gasteiger partial charge on any atom is 0.253 e. The third-order valence-corrected chi connectivity index (χ3v) is 6.29. The highest BCUT2D eigenvalue weighted by atomic mass is 16.5. The Labute approximate surface area is 202 Å². The van der Waals surface area contributed by atoms with Gasteiger partial charge in [0.25, 0.3) is 5.91 Å². The van der Waals surface area contributed by atoms with Gasteiger partial charge < -0.3 is 15.4 Å². The average Bonchev–Trinajstić information content (AvgIpc) is 3.34. The van der Waals surface area contributed by atoms with Gasteiger partial charge in [-0.2, -0.15) is 0 Å². The van der Waals surface area contributed by atoms with Crippen molar-refractivity contribution >= 4 is 46.1 Å². The molecule has 2 aromatic carbocycles. The van der Waals surface area contributed by atoms with Crippen LogP contribution in [0.3, 0.4) is 0 Å². The number of carbonyl (C=O) groups is 3. The van der Waals surface area contributed by atoms with E-state index >= 15 is 0 Å². The predicted molar refractivity (Wildman–Crippen MR) is 132 cm³/mol. The normalized spacial score (nSPS) is 18.0. The van der Waals surface area contributed by atoms with E-state index in [1.165, 1.54) is 6.92 Å². The number of para-hydroxylation sites is 2. The minimum atomic E-state index is -0.666. The Bertz CT molecular complexity index is 1250. The molecule has 35 heavy (non-hydrogen) atoms. The van der Waals surface area contributed by atoms with Gasteiger partial charge in [0, 0.05) is 44.5 Å². The van der Waals surface area contributed by atoms with Crippen LogP contribution in [0.4, 0.5) is 17.3 Å². The number of ether oxygens (including phenoxy) is 1. The fourth-order valence-electron chi connectivity index (χ4n) is 4.60. The lowest BCUT2D eigenvalue weighted by molar-refractivity contribution is -0.124. The van der Waals surface area contributed by atoms with Gasteiger partial charge in [0.15, 0.2) is 0 Å². The summed E-state index contributed by atoms with van der Waals surface area (Å²) in [5.74, 6) is 0.0297. The number of nitrogens with one attached hydrogen (secondary N) is 2. The Hall–Kier alpha value is -3.76. The SMILES string of the molecule is CC(=O)Nc1ccc(NC(=O)C[C@H]2C(=O)N(CCN3CCOCC3)c3nc4ccccc4n32)cc1. The highest BCUT2D eigenvalue weighted by molar-refractivity contribution is 6.05. The lowest BCUT2D eigenvalue weighted by atomic mass is 10.1. The number of fused-ring (bicyclic) bond motifs is 3. The van der Waals surface area contributed by atoms with E-state index in [0.29, 0.717) is 37.1 Å². The van der Waals surface area contributed by atoms with Gasteiger partial charge in [-0.05, 0) is 36.4 Å². The van der Waals surface area contributed by atoms with Gasteiger partial charge in [0.05, 0.1) is 30.7 Å². The molecule has 0 spiro atoms. The van der Waals surface area contributed by atoms with Crippen molar-refractivity contribution in [2.45, 2.75) is 19.4 Å². The van der Waals surface area contributed by atoms with Crippen LogP contribution in [0.15, 0.2) is 48.5 Å². The molecule has 5 rings (SSSR count). The van der Waals surface area contributed by atoms with Gasteiger partial charge in [0.2, 0.25) is 17.8 Å². The number of benzene rings is 2. The van der Waals surface area contributed by atoms with E-state index in [1.807, 2.05) is 28.8 Å². The highest BCUT2D eigenvalue weighted by Crippen LogP contribution is 2.36. The van der Waals surface area contributed by atoms with Crippen LogP contribution in [0.5, 0.6) is 0 Å². The summed E-state index contributed by atoms with van der Waals surface area (Å²) in [5, 5.41) is 5.55. The van der Waals surface area contributed by atoms with Gasteiger partial charge in [0.1, 0.15) is 6.04 Å². The zero-order valence-electron chi connectivity index (χ0n) is 19.6. The summed E-state index contributed by atoms with van der Waals surface area (Å²) < 4.78 is 7.31. The summed E-state index contributed by atoms with van der Waals surface area (Å²) in [6.45, 7) is 5.73. The van der Waals surface area contributed by atoms with Crippen molar-refractivity contribution in [3.63, 3.8) is 0 Å². The average molecular weight is 477 g/mol. The monoisotopic (exact) mass is 476 g/mol. The van der Waals surface area contributed by atoms with E-state index in [2.05, 4.69) is 15.5 Å². The molecule has 1 atom stereocenters. The smallest absolute Gasteiger partial charge is 0.253 e. The van der Waals surface area contributed by atoms with Crippen LogP contribution < -0.4 is 15.5 Å². The van der Waals surface area contributed by atoms with Crippen molar-refractivity contribution in [2.75, 3.05) is 54.9 Å². The van der Waals surface area contributed by atoms with E-state index < -0.39 is 6.04 Å². The number of hydrogen-bond acceptors (Lipinski definition) is 6. The molecule has 0 bridgehead atoms. The minimum absolute atomic E-state index is 0.00626. The first kappa shape index (κ1) is 23.0. The first-order valence-electron chi connectivity index (χ1n) is 11.8. The second kappa shape index (κ2) is 9.85. The fourth-order valence-corrected chi connectivity index (χ4v) is 4.60. The summed E-state index contributed by atoms with van der Waals surface area (Å²) in [4.78, 5) is 46.3. The van der Waals surface area contributed by atoms with Crippen LogP contribution in [0, 0.1) is 0 Å². The second-order valence-electron chi connectivity index (χ2n) is 8.74. The number of anilines is 3. The van der Waals surface area contributed by atoms with Crippen molar-refractivity contribution in [1.29, 1.82) is 0 Å². The molecule has 2 aliphatic heterocycles. The summed E-state index contributed by atoms with van der Waals surface area (Å²) in [6, 6.07) is 13.9. The number of carbonyl (C=O) groups excluding carboxylic acids is 3. The van der Waals surface area contributed by atoms with Crippen molar-refractivity contribution in [3.05, 3.63) is 48.5 Å². The molecule has 3 amide bonds. The van der Waals surface area contributed by atoms with E-state index in [0.717, 1.165) is 30.7 Å². The number of rotatable bonds is 7. The fraction of sp³-hybridized carbons (Fsp3) is 0.360. The minimum Gasteiger partial charge on any atom is -0.379 e. The van der Waals surface area contributed by atoms with E-state index in [-0.39, 0.29) is 24.1 Å². The maximum atomic E-state index is 13.5. The quantitative estimate of drug-likeness (QED) is 0.542. The lowest BCUT2D eigenvalue weighted by Gasteiger charge is -2.28. The molecular weight excluding hydrogens is 448 g/mol. The summed E-state index contributed by atoms with van der Waals surface area (Å²) in [6.07, 6.45) is -0.00626. The third kappa shape index (κ3) is 4.89. The van der Waals surface area contributed by atoms with Crippen LogP contribution in [0.1, 0.15) is 19.4 Å².